The monoisotopic (exact) mass is 457 g/mol. The van der Waals surface area contributed by atoms with Crippen LogP contribution in [0.25, 0.3) is 0 Å². The van der Waals surface area contributed by atoms with Gasteiger partial charge in [-0.2, -0.15) is 0 Å². The van der Waals surface area contributed by atoms with Crippen molar-refractivity contribution < 1.29 is 9.59 Å². The van der Waals surface area contributed by atoms with Crippen molar-refractivity contribution in [3.63, 3.8) is 0 Å². The van der Waals surface area contributed by atoms with Crippen molar-refractivity contribution in [3.8, 4) is 0 Å². The molecule has 2 bridgehead atoms. The maximum Gasteiger partial charge on any atom is 0.228 e. The largest absolute Gasteiger partial charge is 0.355 e. The smallest absolute Gasteiger partial charge is 0.228 e. The number of carbonyl (C=O) groups is 2. The first-order valence-electron chi connectivity index (χ1n) is 10.8. The molecule has 5 nitrogen and oxygen atoms in total. The van der Waals surface area contributed by atoms with Gasteiger partial charge in [0.25, 0.3) is 0 Å². The number of nitrogens with zero attached hydrogens (tertiary/aromatic N) is 1. The lowest BCUT2D eigenvalue weighted by Crippen LogP contribution is -2.43. The quantitative estimate of drug-likeness (QED) is 0.643. The second-order valence-corrected chi connectivity index (χ2v) is 9.97. The van der Waals surface area contributed by atoms with Crippen LogP contribution in [0, 0.1) is 29.1 Å². The maximum absolute atomic E-state index is 13.3. The molecule has 2 amide bonds. The molecule has 0 radical (unpaired) electrons. The summed E-state index contributed by atoms with van der Waals surface area (Å²) in [6, 6.07) is 7.62. The number of allylic oxidation sites excluding steroid dienone is 2. The Labute approximate surface area is 180 Å². The maximum atomic E-state index is 13.3. The van der Waals surface area contributed by atoms with Crippen LogP contribution in [-0.2, 0) is 9.59 Å². The Morgan fingerprint density at radius 1 is 1.00 bits per heavy atom. The van der Waals surface area contributed by atoms with Gasteiger partial charge in [-0.05, 0) is 80.3 Å². The molecular formula is C23H28BrN3O2. The summed E-state index contributed by atoms with van der Waals surface area (Å²) in [4.78, 5) is 28.8. The van der Waals surface area contributed by atoms with Gasteiger partial charge in [-0.15, -0.1) is 0 Å². The van der Waals surface area contributed by atoms with Crippen LogP contribution in [0.15, 0.2) is 40.9 Å². The highest BCUT2D eigenvalue weighted by molar-refractivity contribution is 9.10. The predicted molar refractivity (Wildman–Crippen MR) is 116 cm³/mol. The molecule has 2 saturated carbocycles. The molecule has 1 saturated heterocycles. The van der Waals surface area contributed by atoms with Crippen LogP contribution in [0.2, 0.25) is 0 Å². The zero-order valence-corrected chi connectivity index (χ0v) is 18.2. The van der Waals surface area contributed by atoms with Crippen molar-refractivity contribution in [1.82, 2.24) is 10.2 Å². The minimum Gasteiger partial charge on any atom is -0.355 e. The molecule has 0 aromatic heterocycles. The van der Waals surface area contributed by atoms with Gasteiger partial charge in [0.1, 0.15) is 0 Å². The highest BCUT2D eigenvalue weighted by Gasteiger charge is 2.69. The molecule has 1 spiro atoms. The number of hydrogen-bond acceptors (Lipinski definition) is 3. The molecule has 4 aliphatic rings. The van der Waals surface area contributed by atoms with Crippen molar-refractivity contribution in [2.24, 2.45) is 29.1 Å². The average molecular weight is 458 g/mol. The molecule has 3 fully saturated rings. The molecule has 5 rings (SSSR count). The zero-order valence-electron chi connectivity index (χ0n) is 16.6. The van der Waals surface area contributed by atoms with E-state index in [2.05, 4.69) is 43.6 Å². The Kier molecular flexibility index (Phi) is 5.03. The lowest BCUT2D eigenvalue weighted by Gasteiger charge is -2.26. The van der Waals surface area contributed by atoms with Gasteiger partial charge >= 0.3 is 0 Å². The summed E-state index contributed by atoms with van der Waals surface area (Å²) < 4.78 is 0.977. The van der Waals surface area contributed by atoms with E-state index in [0.29, 0.717) is 6.54 Å². The summed E-state index contributed by atoms with van der Waals surface area (Å²) in [7, 11) is 0. The molecule has 6 heteroatoms. The molecule has 1 aromatic carbocycles. The first-order valence-corrected chi connectivity index (χ1v) is 11.6. The van der Waals surface area contributed by atoms with E-state index in [1.54, 1.807) is 0 Å². The number of carbonyl (C=O) groups excluding carboxylic acids is 2. The minimum atomic E-state index is -0.275. The third-order valence-corrected chi connectivity index (χ3v) is 8.01. The van der Waals surface area contributed by atoms with E-state index in [-0.39, 0.29) is 40.9 Å². The van der Waals surface area contributed by atoms with Crippen LogP contribution in [0.4, 0.5) is 5.69 Å². The predicted octanol–water partition coefficient (Wildman–Crippen LogP) is 3.43. The van der Waals surface area contributed by atoms with Crippen LogP contribution < -0.4 is 10.6 Å². The Morgan fingerprint density at radius 2 is 1.62 bits per heavy atom. The third kappa shape index (κ3) is 3.44. The molecule has 1 aliphatic heterocycles. The first kappa shape index (κ1) is 19.3. The summed E-state index contributed by atoms with van der Waals surface area (Å²) in [5.74, 6) is -0.0832. The molecule has 1 heterocycles. The Morgan fingerprint density at radius 3 is 2.24 bits per heavy atom. The summed E-state index contributed by atoms with van der Waals surface area (Å²) in [5, 5.41) is 6.22. The third-order valence-electron chi connectivity index (χ3n) is 7.48. The molecule has 2 N–H and O–H groups in total. The zero-order chi connectivity index (χ0) is 20.0. The number of rotatable bonds is 6. The van der Waals surface area contributed by atoms with Crippen molar-refractivity contribution >= 4 is 33.4 Å². The molecule has 3 aliphatic carbocycles. The van der Waals surface area contributed by atoms with Crippen LogP contribution in [-0.4, -0.2) is 42.9 Å². The first-order chi connectivity index (χ1) is 14.1. The van der Waals surface area contributed by atoms with E-state index < -0.39 is 0 Å². The second-order valence-electron chi connectivity index (χ2n) is 9.06. The fourth-order valence-electron chi connectivity index (χ4n) is 5.93. The number of halogens is 1. The van der Waals surface area contributed by atoms with Gasteiger partial charge in [0.05, 0.1) is 11.8 Å². The van der Waals surface area contributed by atoms with Gasteiger partial charge in [-0.1, -0.05) is 28.1 Å². The van der Waals surface area contributed by atoms with Crippen molar-refractivity contribution in [3.05, 3.63) is 40.9 Å². The highest BCUT2D eigenvalue weighted by atomic mass is 79.9. The van der Waals surface area contributed by atoms with Crippen molar-refractivity contribution in [1.29, 1.82) is 0 Å². The topological polar surface area (TPSA) is 61.4 Å². The number of benzene rings is 1. The molecule has 29 heavy (non-hydrogen) atoms. The highest BCUT2D eigenvalue weighted by Crippen LogP contribution is 2.72. The SMILES string of the molecule is O=C(NCCN1CCCC1)[C@H]1[C@H](C(=O)Nc2ccc(Br)cc2)[C@@H]2C=C[C@H]1C21CC1. The fraction of sp³-hybridized carbons (Fsp3) is 0.565. The Balaban J connectivity index is 1.29. The Hall–Kier alpha value is -1.66. The van der Waals surface area contributed by atoms with Gasteiger partial charge in [0, 0.05) is 23.2 Å². The van der Waals surface area contributed by atoms with Gasteiger partial charge in [0.2, 0.25) is 11.8 Å². The summed E-state index contributed by atoms with van der Waals surface area (Å²) in [6.07, 6.45) is 9.20. The number of nitrogens with one attached hydrogen (secondary N) is 2. The van der Waals surface area contributed by atoms with Crippen LogP contribution in [0.3, 0.4) is 0 Å². The van der Waals surface area contributed by atoms with Crippen LogP contribution in [0.5, 0.6) is 0 Å². The van der Waals surface area contributed by atoms with E-state index in [9.17, 15) is 9.59 Å². The lowest BCUT2D eigenvalue weighted by molar-refractivity contribution is -0.132. The standard InChI is InChI=1S/C23H28BrN3O2/c24-15-3-5-16(6-4-15)26-22(29)20-18-8-7-17(23(18)9-10-23)19(20)21(28)25-11-14-27-12-1-2-13-27/h3-8,17-20H,1-2,9-14H2,(H,25,28)(H,26,29)/t17-,18+,19-,20-/m1/s1. The van der Waals surface area contributed by atoms with Gasteiger partial charge in [-0.25, -0.2) is 0 Å². The molecule has 0 unspecified atom stereocenters. The van der Waals surface area contributed by atoms with Crippen LogP contribution in [0.1, 0.15) is 25.7 Å². The molecule has 4 atom stereocenters. The van der Waals surface area contributed by atoms with E-state index in [0.717, 1.165) is 42.6 Å². The minimum absolute atomic E-state index is 0.0184. The molecular weight excluding hydrogens is 430 g/mol. The lowest BCUT2D eigenvalue weighted by atomic mass is 9.81. The summed E-state index contributed by atoms with van der Waals surface area (Å²) in [6.45, 7) is 3.84. The summed E-state index contributed by atoms with van der Waals surface area (Å²) >= 11 is 3.43. The van der Waals surface area contributed by atoms with Crippen LogP contribution >= 0.6 is 15.9 Å². The van der Waals surface area contributed by atoms with Gasteiger partial charge < -0.3 is 15.5 Å². The van der Waals surface area contributed by atoms with Crippen molar-refractivity contribution in [2.45, 2.75) is 25.7 Å². The number of anilines is 1. The van der Waals surface area contributed by atoms with Gasteiger partial charge in [0.15, 0.2) is 0 Å². The average Bonchev–Trinajstić information content (AvgIpc) is 3.07. The Bertz CT molecular complexity index is 827. The fourth-order valence-corrected chi connectivity index (χ4v) is 6.19. The number of hydrogen-bond donors (Lipinski definition) is 2. The normalized spacial score (nSPS) is 31.3. The van der Waals surface area contributed by atoms with Crippen molar-refractivity contribution in [2.75, 3.05) is 31.5 Å². The van der Waals surface area contributed by atoms with E-state index >= 15 is 0 Å². The molecule has 1 aromatic rings. The number of likely N-dealkylation sites (tertiary alicyclic amines) is 1. The van der Waals surface area contributed by atoms with E-state index in [1.807, 2.05) is 24.3 Å². The second kappa shape index (κ2) is 7.55. The summed E-state index contributed by atoms with van der Waals surface area (Å²) in [5.41, 5.74) is 0.946. The van der Waals surface area contributed by atoms with E-state index in [1.165, 1.54) is 12.8 Å². The number of amides is 2. The van der Waals surface area contributed by atoms with E-state index in [4.69, 9.17) is 0 Å². The molecule has 154 valence electrons. The van der Waals surface area contributed by atoms with Gasteiger partial charge in [-0.3, -0.25) is 9.59 Å².